The number of hydrogen-bond donors (Lipinski definition) is 0. The number of hydrogen-bond acceptors (Lipinski definition) is 2. The van der Waals surface area contributed by atoms with Crippen LogP contribution in [-0.4, -0.2) is 4.98 Å². The average Bonchev–Trinajstić information content (AvgIpc) is 2.39. The van der Waals surface area contributed by atoms with Gasteiger partial charge >= 0.3 is 0 Å². The Kier molecular flexibility index (Phi) is 3.73. The largest absolute Gasteiger partial charge is 0.489 e. The molecule has 0 N–H and O–H groups in total. The minimum atomic E-state index is 0.470. The molecule has 0 saturated heterocycles. The van der Waals surface area contributed by atoms with Crippen molar-refractivity contribution in [2.75, 3.05) is 0 Å². The second-order valence-corrected chi connectivity index (χ2v) is 4.20. The highest BCUT2D eigenvalue weighted by molar-refractivity contribution is 9.10. The van der Waals surface area contributed by atoms with Gasteiger partial charge in [0.1, 0.15) is 17.0 Å². The molecule has 0 bridgehead atoms. The van der Waals surface area contributed by atoms with Gasteiger partial charge in [-0.3, -0.25) is 0 Å². The predicted octanol–water partition coefficient (Wildman–Crippen LogP) is 3.97. The van der Waals surface area contributed by atoms with Crippen molar-refractivity contribution in [1.82, 2.24) is 4.98 Å². The first-order valence-corrected chi connectivity index (χ1v) is 5.78. The molecule has 1 aromatic carbocycles. The average molecular weight is 289 g/mol. The van der Waals surface area contributed by atoms with Crippen molar-refractivity contribution < 1.29 is 4.74 Å². The van der Waals surface area contributed by atoms with Gasteiger partial charge in [-0.15, -0.1) is 0 Å². The van der Waals surface area contributed by atoms with Crippen LogP contribution >= 0.6 is 15.9 Å². The molecule has 0 aliphatic heterocycles. The highest BCUT2D eigenvalue weighted by Gasteiger charge is 1.97. The van der Waals surface area contributed by atoms with Crippen molar-refractivity contribution in [3.8, 4) is 5.75 Å². The summed E-state index contributed by atoms with van der Waals surface area (Å²) >= 11 is 3.28. The first-order valence-electron chi connectivity index (χ1n) is 4.99. The molecule has 0 unspecified atom stereocenters. The highest BCUT2D eigenvalue weighted by atomic mass is 79.9. The van der Waals surface area contributed by atoms with Gasteiger partial charge in [0.05, 0.1) is 6.57 Å². The van der Waals surface area contributed by atoms with E-state index in [2.05, 4.69) is 25.8 Å². The second kappa shape index (κ2) is 5.46. The first-order chi connectivity index (χ1) is 8.28. The molecule has 0 aliphatic rings. The van der Waals surface area contributed by atoms with Gasteiger partial charge in [-0.1, -0.05) is 18.2 Å². The molecule has 0 saturated carbocycles. The van der Waals surface area contributed by atoms with Crippen LogP contribution < -0.4 is 4.74 Å². The minimum absolute atomic E-state index is 0.470. The maximum atomic E-state index is 6.84. The maximum Gasteiger partial charge on any atom is 0.187 e. The molecule has 2 rings (SSSR count). The third-order valence-electron chi connectivity index (χ3n) is 2.16. The topological polar surface area (TPSA) is 26.5 Å². The number of nitrogens with zero attached hydrogens (tertiary/aromatic N) is 2. The van der Waals surface area contributed by atoms with Crippen molar-refractivity contribution >= 4 is 21.6 Å². The van der Waals surface area contributed by atoms with Crippen molar-refractivity contribution in [2.24, 2.45) is 0 Å². The monoisotopic (exact) mass is 288 g/mol. The van der Waals surface area contributed by atoms with Gasteiger partial charge in [0.2, 0.25) is 0 Å². The highest BCUT2D eigenvalue weighted by Crippen LogP contribution is 2.18. The Labute approximate surface area is 108 Å². The lowest BCUT2D eigenvalue weighted by molar-refractivity contribution is 0.306. The van der Waals surface area contributed by atoms with Crippen LogP contribution in [0.15, 0.2) is 47.2 Å². The van der Waals surface area contributed by atoms with Crippen molar-refractivity contribution in [2.45, 2.75) is 6.61 Å². The molecule has 17 heavy (non-hydrogen) atoms. The molecule has 84 valence electrons. The Morgan fingerprint density at radius 3 is 2.53 bits per heavy atom. The molecule has 0 spiro atoms. The number of rotatable bonds is 3. The van der Waals surface area contributed by atoms with E-state index < -0.39 is 0 Å². The summed E-state index contributed by atoms with van der Waals surface area (Å²) in [5.74, 6) is 0.750. The zero-order valence-corrected chi connectivity index (χ0v) is 10.5. The van der Waals surface area contributed by atoms with Crippen LogP contribution in [0.2, 0.25) is 0 Å². The lowest BCUT2D eigenvalue weighted by atomic mass is 10.3. The first kappa shape index (κ1) is 11.6. The molecule has 0 radical (unpaired) electrons. The van der Waals surface area contributed by atoms with Crippen molar-refractivity contribution in [3.63, 3.8) is 0 Å². The van der Waals surface area contributed by atoms with Gasteiger partial charge in [0.25, 0.3) is 0 Å². The van der Waals surface area contributed by atoms with Crippen molar-refractivity contribution in [1.29, 1.82) is 0 Å². The lowest BCUT2D eigenvalue weighted by Gasteiger charge is -2.05. The standard InChI is InChI=1S/C13H9BrN2O/c1-15-11-3-5-12(6-4-11)17-9-10-2-7-13(14)16-8-10/h2-8H,9H2. The summed E-state index contributed by atoms with van der Waals surface area (Å²) in [4.78, 5) is 7.43. The molecule has 1 heterocycles. The molecular formula is C13H9BrN2O. The third kappa shape index (κ3) is 3.30. The lowest BCUT2D eigenvalue weighted by Crippen LogP contribution is -1.95. The second-order valence-electron chi connectivity index (χ2n) is 3.38. The van der Waals surface area contributed by atoms with E-state index in [1.165, 1.54) is 0 Å². The summed E-state index contributed by atoms with van der Waals surface area (Å²) in [6.45, 7) is 7.31. The van der Waals surface area contributed by atoms with E-state index in [1.807, 2.05) is 12.1 Å². The molecular weight excluding hydrogens is 280 g/mol. The van der Waals surface area contributed by atoms with Crippen LogP contribution in [0.5, 0.6) is 5.75 Å². The van der Waals surface area contributed by atoms with Gasteiger partial charge in [0.15, 0.2) is 5.69 Å². The number of aromatic nitrogens is 1. The molecule has 1 aromatic heterocycles. The van der Waals surface area contributed by atoms with Crippen LogP contribution in [0.4, 0.5) is 5.69 Å². The molecule has 0 amide bonds. The number of halogens is 1. The zero-order chi connectivity index (χ0) is 12.1. The summed E-state index contributed by atoms with van der Waals surface area (Å²) in [6.07, 6.45) is 1.76. The van der Waals surface area contributed by atoms with Gasteiger partial charge in [-0.25, -0.2) is 9.83 Å². The fraction of sp³-hybridized carbons (Fsp3) is 0.0769. The Hall–Kier alpha value is -1.86. The van der Waals surface area contributed by atoms with Crippen LogP contribution in [-0.2, 0) is 6.61 Å². The Morgan fingerprint density at radius 1 is 1.18 bits per heavy atom. The van der Waals surface area contributed by atoms with Crippen LogP contribution in [0.1, 0.15) is 5.56 Å². The van der Waals surface area contributed by atoms with Crippen LogP contribution in [0.3, 0.4) is 0 Å². The molecule has 4 heteroatoms. The molecule has 0 fully saturated rings. The minimum Gasteiger partial charge on any atom is -0.489 e. The van der Waals surface area contributed by atoms with E-state index in [0.717, 1.165) is 15.9 Å². The summed E-state index contributed by atoms with van der Waals surface area (Å²) < 4.78 is 6.38. The summed E-state index contributed by atoms with van der Waals surface area (Å²) in [6, 6.07) is 10.9. The normalized spacial score (nSPS) is 9.65. The Morgan fingerprint density at radius 2 is 1.94 bits per heavy atom. The fourth-order valence-corrected chi connectivity index (χ4v) is 1.51. The van der Waals surface area contributed by atoms with Crippen molar-refractivity contribution in [3.05, 3.63) is 64.2 Å². The summed E-state index contributed by atoms with van der Waals surface area (Å²) in [5.41, 5.74) is 1.62. The van der Waals surface area contributed by atoms with Crippen LogP contribution in [0.25, 0.3) is 4.85 Å². The predicted molar refractivity (Wildman–Crippen MR) is 69.0 cm³/mol. The maximum absolute atomic E-state index is 6.84. The SMILES string of the molecule is [C-]#[N+]c1ccc(OCc2ccc(Br)nc2)cc1. The van der Waals surface area contributed by atoms with Gasteiger partial charge in [-0.05, 0) is 34.1 Å². The summed E-state index contributed by atoms with van der Waals surface area (Å²) in [7, 11) is 0. The molecule has 0 aliphatic carbocycles. The molecule has 0 atom stereocenters. The van der Waals surface area contributed by atoms with E-state index in [9.17, 15) is 0 Å². The van der Waals surface area contributed by atoms with E-state index in [-0.39, 0.29) is 0 Å². The van der Waals surface area contributed by atoms with E-state index >= 15 is 0 Å². The molecule has 3 nitrogen and oxygen atoms in total. The van der Waals surface area contributed by atoms with E-state index in [4.69, 9.17) is 11.3 Å². The zero-order valence-electron chi connectivity index (χ0n) is 8.93. The number of pyridine rings is 1. The number of benzene rings is 1. The van der Waals surface area contributed by atoms with E-state index in [0.29, 0.717) is 12.3 Å². The third-order valence-corrected chi connectivity index (χ3v) is 2.63. The smallest absolute Gasteiger partial charge is 0.187 e. The van der Waals surface area contributed by atoms with Gasteiger partial charge < -0.3 is 4.74 Å². The summed E-state index contributed by atoms with van der Waals surface area (Å²) in [5, 5.41) is 0. The van der Waals surface area contributed by atoms with Gasteiger partial charge in [-0.2, -0.15) is 0 Å². The van der Waals surface area contributed by atoms with Gasteiger partial charge in [0, 0.05) is 11.8 Å². The Balaban J connectivity index is 1.98. The number of ether oxygens (including phenoxy) is 1. The quantitative estimate of drug-likeness (QED) is 0.631. The van der Waals surface area contributed by atoms with E-state index in [1.54, 1.807) is 30.5 Å². The fourth-order valence-electron chi connectivity index (χ4n) is 1.28. The van der Waals surface area contributed by atoms with Crippen LogP contribution in [0, 0.1) is 6.57 Å². The molecule has 2 aromatic rings. The Bertz CT molecular complexity index is 529.